The molecule has 4 nitrogen and oxygen atoms in total. The van der Waals surface area contributed by atoms with E-state index >= 15 is 0 Å². The van der Waals surface area contributed by atoms with Crippen LogP contribution in [0.2, 0.25) is 10.0 Å². The smallest absolute Gasteiger partial charge is 0.271 e. The molecular weight excluding hydrogens is 323 g/mol. The van der Waals surface area contributed by atoms with Crippen LogP contribution in [0.3, 0.4) is 0 Å². The largest absolute Gasteiger partial charge is 0.508 e. The second-order valence-corrected chi connectivity index (χ2v) is 5.34. The summed E-state index contributed by atoms with van der Waals surface area (Å²) in [5.41, 5.74) is 4.40. The van der Waals surface area contributed by atoms with Crippen LogP contribution in [-0.4, -0.2) is 16.7 Å². The second-order valence-electron chi connectivity index (χ2n) is 4.53. The second kappa shape index (κ2) is 7.29. The number of hydrogen-bond donors (Lipinski definition) is 2. The maximum Gasteiger partial charge on any atom is 0.271 e. The van der Waals surface area contributed by atoms with Crippen molar-refractivity contribution in [3.05, 3.63) is 63.6 Å². The van der Waals surface area contributed by atoms with Gasteiger partial charge in [-0.1, -0.05) is 30.1 Å². The first-order valence-corrected chi connectivity index (χ1v) is 7.38. The number of halogens is 2. The fourth-order valence-electron chi connectivity index (χ4n) is 1.82. The Balaban J connectivity index is 2.15. The molecular formula is C16H14Cl2N2O2. The van der Waals surface area contributed by atoms with Gasteiger partial charge in [-0.2, -0.15) is 5.10 Å². The third-order valence-electron chi connectivity index (χ3n) is 3.01. The molecule has 2 aromatic rings. The molecule has 0 aromatic heterocycles. The molecule has 0 aliphatic rings. The van der Waals surface area contributed by atoms with Crippen LogP contribution in [0.4, 0.5) is 0 Å². The summed E-state index contributed by atoms with van der Waals surface area (Å²) in [6.07, 6.45) is 0.631. The molecule has 0 spiro atoms. The van der Waals surface area contributed by atoms with Gasteiger partial charge in [0.05, 0.1) is 15.8 Å². The van der Waals surface area contributed by atoms with Gasteiger partial charge in [-0.3, -0.25) is 4.79 Å². The maximum atomic E-state index is 12.1. The SMILES string of the molecule is CCC(=NNC(=O)c1ccc(Cl)c(Cl)c1)c1ccc(O)cc1. The topological polar surface area (TPSA) is 61.7 Å². The van der Waals surface area contributed by atoms with Crippen molar-refractivity contribution in [2.24, 2.45) is 5.10 Å². The highest BCUT2D eigenvalue weighted by atomic mass is 35.5. The predicted molar refractivity (Wildman–Crippen MR) is 88.9 cm³/mol. The van der Waals surface area contributed by atoms with Crippen LogP contribution in [0.15, 0.2) is 47.6 Å². The molecule has 0 saturated carbocycles. The van der Waals surface area contributed by atoms with E-state index in [-0.39, 0.29) is 11.7 Å². The Bertz CT molecular complexity index is 713. The van der Waals surface area contributed by atoms with Gasteiger partial charge < -0.3 is 5.11 Å². The van der Waals surface area contributed by atoms with Crippen molar-refractivity contribution in [1.82, 2.24) is 5.43 Å². The molecule has 2 aromatic carbocycles. The van der Waals surface area contributed by atoms with Gasteiger partial charge in [0.25, 0.3) is 5.91 Å². The van der Waals surface area contributed by atoms with Crippen molar-refractivity contribution in [1.29, 1.82) is 0 Å². The zero-order chi connectivity index (χ0) is 16.1. The summed E-state index contributed by atoms with van der Waals surface area (Å²) in [6, 6.07) is 11.2. The van der Waals surface area contributed by atoms with E-state index < -0.39 is 0 Å². The first-order chi connectivity index (χ1) is 10.5. The zero-order valence-electron chi connectivity index (χ0n) is 11.8. The number of hydrazone groups is 1. The average molecular weight is 337 g/mol. The standard InChI is InChI=1S/C16H14Cl2N2O2/c1-2-15(10-3-6-12(21)7-4-10)19-20-16(22)11-5-8-13(17)14(18)9-11/h3-9,21H,2H2,1H3,(H,20,22). The highest BCUT2D eigenvalue weighted by Gasteiger charge is 2.08. The van der Waals surface area contributed by atoms with Gasteiger partial charge in [-0.05, 0) is 54.4 Å². The Morgan fingerprint density at radius 2 is 1.73 bits per heavy atom. The van der Waals surface area contributed by atoms with Gasteiger partial charge in [0.2, 0.25) is 0 Å². The summed E-state index contributed by atoms with van der Waals surface area (Å²) in [5.74, 6) is -0.192. The number of hydrogen-bond acceptors (Lipinski definition) is 3. The Hall–Kier alpha value is -2.04. The van der Waals surface area contributed by atoms with E-state index in [9.17, 15) is 9.90 Å². The maximum absolute atomic E-state index is 12.1. The molecule has 0 saturated heterocycles. The monoisotopic (exact) mass is 336 g/mol. The molecule has 2 N–H and O–H groups in total. The first-order valence-electron chi connectivity index (χ1n) is 6.62. The van der Waals surface area contributed by atoms with E-state index in [1.54, 1.807) is 36.4 Å². The molecule has 0 bridgehead atoms. The molecule has 114 valence electrons. The highest BCUT2D eigenvalue weighted by molar-refractivity contribution is 6.42. The number of nitrogens with zero attached hydrogens (tertiary/aromatic N) is 1. The zero-order valence-corrected chi connectivity index (χ0v) is 13.3. The quantitative estimate of drug-likeness (QED) is 0.647. The normalized spacial score (nSPS) is 11.3. The van der Waals surface area contributed by atoms with Gasteiger partial charge >= 0.3 is 0 Å². The lowest BCUT2D eigenvalue weighted by Gasteiger charge is -2.06. The van der Waals surface area contributed by atoms with E-state index in [1.165, 1.54) is 6.07 Å². The number of benzene rings is 2. The van der Waals surface area contributed by atoms with E-state index in [1.807, 2.05) is 6.92 Å². The van der Waals surface area contributed by atoms with Crippen molar-refractivity contribution >= 4 is 34.8 Å². The number of rotatable bonds is 4. The van der Waals surface area contributed by atoms with Crippen LogP contribution in [0.25, 0.3) is 0 Å². The molecule has 0 aliphatic carbocycles. The third kappa shape index (κ3) is 4.00. The van der Waals surface area contributed by atoms with Crippen LogP contribution in [0, 0.1) is 0 Å². The lowest BCUT2D eigenvalue weighted by Crippen LogP contribution is -2.20. The van der Waals surface area contributed by atoms with E-state index in [2.05, 4.69) is 10.5 Å². The fourth-order valence-corrected chi connectivity index (χ4v) is 2.12. The Morgan fingerprint density at radius 3 is 2.32 bits per heavy atom. The molecule has 0 unspecified atom stereocenters. The van der Waals surface area contributed by atoms with Gasteiger partial charge in [-0.25, -0.2) is 5.43 Å². The van der Waals surface area contributed by atoms with Crippen molar-refractivity contribution in [2.75, 3.05) is 0 Å². The number of phenols is 1. The lowest BCUT2D eigenvalue weighted by molar-refractivity contribution is 0.0955. The number of carbonyl (C=O) groups excluding carboxylic acids is 1. The fraction of sp³-hybridized carbons (Fsp3) is 0.125. The Labute approximate surface area is 138 Å². The predicted octanol–water partition coefficient (Wildman–Crippen LogP) is 4.24. The van der Waals surface area contributed by atoms with Crippen LogP contribution >= 0.6 is 23.2 Å². The van der Waals surface area contributed by atoms with Gasteiger partial charge in [0, 0.05) is 5.56 Å². The number of nitrogens with one attached hydrogen (secondary N) is 1. The Kier molecular flexibility index (Phi) is 5.41. The van der Waals surface area contributed by atoms with Crippen molar-refractivity contribution < 1.29 is 9.90 Å². The van der Waals surface area contributed by atoms with Gasteiger partial charge in [-0.15, -0.1) is 0 Å². The molecule has 0 fully saturated rings. The van der Waals surface area contributed by atoms with Gasteiger partial charge in [0.15, 0.2) is 0 Å². The third-order valence-corrected chi connectivity index (χ3v) is 3.75. The van der Waals surface area contributed by atoms with Crippen molar-refractivity contribution in [2.45, 2.75) is 13.3 Å². The molecule has 6 heteroatoms. The number of carbonyl (C=O) groups is 1. The van der Waals surface area contributed by atoms with Crippen LogP contribution in [0.5, 0.6) is 5.75 Å². The molecule has 1 amide bonds. The first kappa shape index (κ1) is 16.3. The van der Waals surface area contributed by atoms with Crippen LogP contribution < -0.4 is 5.43 Å². The minimum Gasteiger partial charge on any atom is -0.508 e. The minimum absolute atomic E-state index is 0.180. The van der Waals surface area contributed by atoms with Gasteiger partial charge in [0.1, 0.15) is 5.75 Å². The summed E-state index contributed by atoms with van der Waals surface area (Å²) in [7, 11) is 0. The molecule has 0 heterocycles. The van der Waals surface area contributed by atoms with E-state index in [0.29, 0.717) is 27.7 Å². The summed E-state index contributed by atoms with van der Waals surface area (Å²) < 4.78 is 0. The Morgan fingerprint density at radius 1 is 1.09 bits per heavy atom. The van der Waals surface area contributed by atoms with Crippen LogP contribution in [-0.2, 0) is 0 Å². The molecule has 0 radical (unpaired) electrons. The van der Waals surface area contributed by atoms with Crippen molar-refractivity contribution in [3.8, 4) is 5.75 Å². The van der Waals surface area contributed by atoms with Crippen LogP contribution in [0.1, 0.15) is 29.3 Å². The summed E-state index contributed by atoms with van der Waals surface area (Å²) in [5, 5.41) is 14.1. The highest BCUT2D eigenvalue weighted by Crippen LogP contribution is 2.22. The molecule has 22 heavy (non-hydrogen) atoms. The number of amides is 1. The summed E-state index contributed by atoms with van der Waals surface area (Å²) >= 11 is 11.7. The molecule has 2 rings (SSSR count). The number of phenolic OH excluding ortho intramolecular Hbond substituents is 1. The van der Waals surface area contributed by atoms with E-state index in [4.69, 9.17) is 23.2 Å². The summed E-state index contributed by atoms with van der Waals surface area (Å²) in [4.78, 5) is 12.1. The summed E-state index contributed by atoms with van der Waals surface area (Å²) in [6.45, 7) is 1.93. The van der Waals surface area contributed by atoms with E-state index in [0.717, 1.165) is 5.56 Å². The molecule has 0 atom stereocenters. The minimum atomic E-state index is -0.372. The lowest BCUT2D eigenvalue weighted by atomic mass is 10.1. The average Bonchev–Trinajstić information content (AvgIpc) is 2.52. The molecule has 0 aliphatic heterocycles. The number of aromatic hydroxyl groups is 1. The van der Waals surface area contributed by atoms with Crippen molar-refractivity contribution in [3.63, 3.8) is 0 Å².